The molecule has 0 aliphatic rings. The number of imidazole rings is 1. The molecule has 0 aromatic carbocycles. The van der Waals surface area contributed by atoms with Crippen molar-refractivity contribution in [3.05, 3.63) is 34.8 Å². The van der Waals surface area contributed by atoms with E-state index in [1.54, 1.807) is 0 Å². The zero-order chi connectivity index (χ0) is 10.7. The second-order valence-corrected chi connectivity index (χ2v) is 4.44. The second kappa shape index (κ2) is 4.77. The summed E-state index contributed by atoms with van der Waals surface area (Å²) in [6, 6.07) is 4.10. The van der Waals surface area contributed by atoms with Crippen molar-refractivity contribution in [2.45, 2.75) is 12.8 Å². The van der Waals surface area contributed by atoms with E-state index in [1.165, 1.54) is 0 Å². The van der Waals surface area contributed by atoms with E-state index < -0.39 is 0 Å². The summed E-state index contributed by atoms with van der Waals surface area (Å²) in [7, 11) is 1.97. The molecule has 1 N–H and O–H groups in total. The van der Waals surface area contributed by atoms with Crippen LogP contribution in [0, 0.1) is 0 Å². The van der Waals surface area contributed by atoms with Crippen molar-refractivity contribution in [3.63, 3.8) is 0 Å². The second-order valence-electron chi connectivity index (χ2n) is 3.52. The predicted molar refractivity (Wildman–Crippen MR) is 65.1 cm³/mol. The highest BCUT2D eigenvalue weighted by molar-refractivity contribution is 9.10. The van der Waals surface area contributed by atoms with Crippen LogP contribution in [0.25, 0.3) is 5.52 Å². The molecular weight excluding hydrogens is 254 g/mol. The number of nitrogens with zero attached hydrogens (tertiary/aromatic N) is 2. The van der Waals surface area contributed by atoms with E-state index in [1.807, 2.05) is 19.3 Å². The molecule has 0 radical (unpaired) electrons. The number of fused-ring (bicyclic) bond motifs is 1. The van der Waals surface area contributed by atoms with Crippen molar-refractivity contribution in [1.29, 1.82) is 0 Å². The van der Waals surface area contributed by atoms with E-state index in [-0.39, 0.29) is 0 Å². The van der Waals surface area contributed by atoms with Gasteiger partial charge in [-0.1, -0.05) is 0 Å². The van der Waals surface area contributed by atoms with Crippen molar-refractivity contribution in [2.75, 3.05) is 13.6 Å². The molecule has 4 heteroatoms. The van der Waals surface area contributed by atoms with Crippen LogP contribution in [-0.4, -0.2) is 23.0 Å². The minimum absolute atomic E-state index is 1.01. The van der Waals surface area contributed by atoms with Crippen molar-refractivity contribution < 1.29 is 0 Å². The molecule has 0 amide bonds. The van der Waals surface area contributed by atoms with E-state index in [0.717, 1.165) is 35.2 Å². The Labute approximate surface area is 97.6 Å². The molecule has 0 aliphatic heterocycles. The van der Waals surface area contributed by atoms with Crippen LogP contribution in [0.2, 0.25) is 0 Å². The molecule has 3 nitrogen and oxygen atoms in total. The summed E-state index contributed by atoms with van der Waals surface area (Å²) < 4.78 is 3.22. The third kappa shape index (κ3) is 2.38. The smallest absolute Gasteiger partial charge is 0.113 e. The lowest BCUT2D eigenvalue weighted by molar-refractivity contribution is 0.701. The van der Waals surface area contributed by atoms with Gasteiger partial charge >= 0.3 is 0 Å². The van der Waals surface area contributed by atoms with Crippen LogP contribution >= 0.6 is 15.9 Å². The fraction of sp³-hybridized carbons (Fsp3) is 0.364. The Hall–Kier alpha value is -0.870. The average Bonchev–Trinajstić information content (AvgIpc) is 2.62. The quantitative estimate of drug-likeness (QED) is 0.862. The molecule has 0 atom stereocenters. The van der Waals surface area contributed by atoms with Crippen LogP contribution in [0.4, 0.5) is 0 Å². The topological polar surface area (TPSA) is 29.3 Å². The normalized spacial score (nSPS) is 11.1. The van der Waals surface area contributed by atoms with E-state index in [0.29, 0.717) is 0 Å². The molecule has 0 saturated carbocycles. The number of pyridine rings is 1. The maximum atomic E-state index is 4.42. The third-order valence-electron chi connectivity index (χ3n) is 2.39. The van der Waals surface area contributed by atoms with Gasteiger partial charge in [0, 0.05) is 17.1 Å². The van der Waals surface area contributed by atoms with Gasteiger partial charge in [0.1, 0.15) is 5.82 Å². The molecule has 0 spiro atoms. The van der Waals surface area contributed by atoms with Crippen LogP contribution in [0.1, 0.15) is 12.2 Å². The van der Waals surface area contributed by atoms with E-state index in [4.69, 9.17) is 0 Å². The van der Waals surface area contributed by atoms with Crippen LogP contribution in [0.3, 0.4) is 0 Å². The van der Waals surface area contributed by atoms with Crippen molar-refractivity contribution in [1.82, 2.24) is 14.7 Å². The summed E-state index contributed by atoms with van der Waals surface area (Å²) in [6.07, 6.45) is 6.10. The van der Waals surface area contributed by atoms with E-state index >= 15 is 0 Å². The monoisotopic (exact) mass is 267 g/mol. The lowest BCUT2D eigenvalue weighted by atomic mass is 10.3. The van der Waals surface area contributed by atoms with Crippen LogP contribution in [-0.2, 0) is 6.42 Å². The maximum absolute atomic E-state index is 4.42. The zero-order valence-corrected chi connectivity index (χ0v) is 10.3. The SMILES string of the molecule is CNCCCc1ncc2ccc(Br)cn12. The fourth-order valence-electron chi connectivity index (χ4n) is 1.63. The maximum Gasteiger partial charge on any atom is 0.113 e. The Balaban J connectivity index is 2.23. The standard InChI is InChI=1S/C11H14BrN3/c1-13-6-2-3-11-14-7-10-5-4-9(12)8-15(10)11/h4-5,7-8,13H,2-3,6H2,1H3. The number of aryl methyl sites for hydroxylation is 1. The van der Waals surface area contributed by atoms with E-state index in [9.17, 15) is 0 Å². The van der Waals surface area contributed by atoms with Crippen LogP contribution in [0.15, 0.2) is 29.0 Å². The Morgan fingerprint density at radius 2 is 2.33 bits per heavy atom. The molecule has 0 aliphatic carbocycles. The van der Waals surface area contributed by atoms with Gasteiger partial charge in [0.2, 0.25) is 0 Å². The molecule has 2 aromatic heterocycles. The minimum Gasteiger partial charge on any atom is -0.320 e. The summed E-state index contributed by atoms with van der Waals surface area (Å²) in [5.41, 5.74) is 1.15. The molecular formula is C11H14BrN3. The summed E-state index contributed by atoms with van der Waals surface area (Å²) in [4.78, 5) is 4.42. The van der Waals surface area contributed by atoms with Crippen LogP contribution < -0.4 is 5.32 Å². The molecule has 0 bridgehead atoms. The summed E-state index contributed by atoms with van der Waals surface area (Å²) in [5.74, 6) is 1.13. The number of hydrogen-bond acceptors (Lipinski definition) is 2. The average molecular weight is 268 g/mol. The van der Waals surface area contributed by atoms with Gasteiger partial charge < -0.3 is 9.72 Å². The van der Waals surface area contributed by atoms with Gasteiger partial charge in [0.25, 0.3) is 0 Å². The van der Waals surface area contributed by atoms with Gasteiger partial charge in [-0.3, -0.25) is 0 Å². The largest absolute Gasteiger partial charge is 0.320 e. The van der Waals surface area contributed by atoms with Gasteiger partial charge in [-0.15, -0.1) is 0 Å². The van der Waals surface area contributed by atoms with Crippen molar-refractivity contribution in [2.24, 2.45) is 0 Å². The highest BCUT2D eigenvalue weighted by Crippen LogP contribution is 2.14. The van der Waals surface area contributed by atoms with Crippen molar-refractivity contribution in [3.8, 4) is 0 Å². The number of rotatable bonds is 4. The third-order valence-corrected chi connectivity index (χ3v) is 2.86. The Morgan fingerprint density at radius 1 is 1.47 bits per heavy atom. The van der Waals surface area contributed by atoms with Gasteiger partial charge in [0.05, 0.1) is 11.7 Å². The molecule has 0 unspecified atom stereocenters. The first-order valence-corrected chi connectivity index (χ1v) is 5.86. The lowest BCUT2D eigenvalue weighted by Gasteiger charge is -2.01. The Morgan fingerprint density at radius 3 is 3.13 bits per heavy atom. The minimum atomic E-state index is 1.01. The number of nitrogens with one attached hydrogen (secondary N) is 1. The summed E-state index contributed by atoms with van der Waals surface area (Å²) in [6.45, 7) is 1.03. The highest BCUT2D eigenvalue weighted by atomic mass is 79.9. The number of halogens is 1. The summed E-state index contributed by atoms with van der Waals surface area (Å²) in [5, 5.41) is 3.14. The van der Waals surface area contributed by atoms with Crippen LogP contribution in [0.5, 0.6) is 0 Å². The molecule has 2 heterocycles. The summed E-state index contributed by atoms with van der Waals surface area (Å²) >= 11 is 3.47. The van der Waals surface area contributed by atoms with Gasteiger partial charge in [-0.05, 0) is 48.1 Å². The fourth-order valence-corrected chi connectivity index (χ4v) is 1.96. The van der Waals surface area contributed by atoms with Crippen molar-refractivity contribution >= 4 is 21.4 Å². The highest BCUT2D eigenvalue weighted by Gasteiger charge is 2.02. The first-order valence-electron chi connectivity index (χ1n) is 5.07. The first-order chi connectivity index (χ1) is 7.31. The lowest BCUT2D eigenvalue weighted by Crippen LogP contribution is -2.09. The number of hydrogen-bond donors (Lipinski definition) is 1. The molecule has 2 rings (SSSR count). The Bertz CT molecular complexity index is 450. The molecule has 15 heavy (non-hydrogen) atoms. The molecule has 2 aromatic rings. The zero-order valence-electron chi connectivity index (χ0n) is 8.70. The van der Waals surface area contributed by atoms with Gasteiger partial charge in [-0.2, -0.15) is 0 Å². The Kier molecular flexibility index (Phi) is 3.38. The van der Waals surface area contributed by atoms with Gasteiger partial charge in [0.15, 0.2) is 0 Å². The predicted octanol–water partition coefficient (Wildman–Crippen LogP) is 2.25. The van der Waals surface area contributed by atoms with E-state index in [2.05, 4.69) is 42.9 Å². The molecule has 0 fully saturated rings. The molecule has 80 valence electrons. The van der Waals surface area contributed by atoms with Gasteiger partial charge in [-0.25, -0.2) is 4.98 Å². The molecule has 0 saturated heterocycles. The number of aromatic nitrogens is 2. The first kappa shape index (κ1) is 10.6.